The van der Waals surface area contributed by atoms with E-state index in [1.807, 2.05) is 12.1 Å². The number of methoxy groups -OCH3 is 2. The molecule has 0 unspecified atom stereocenters. The van der Waals surface area contributed by atoms with Crippen molar-refractivity contribution in [3.8, 4) is 11.5 Å². The predicted octanol–water partition coefficient (Wildman–Crippen LogP) is 4.07. The van der Waals surface area contributed by atoms with Gasteiger partial charge < -0.3 is 14.8 Å². The summed E-state index contributed by atoms with van der Waals surface area (Å²) in [5.74, 6) is 0.173. The highest BCUT2D eigenvalue weighted by Crippen LogP contribution is 2.31. The van der Waals surface area contributed by atoms with E-state index in [1.54, 1.807) is 32.5 Å². The van der Waals surface area contributed by atoms with Crippen molar-refractivity contribution in [2.45, 2.75) is 19.5 Å². The van der Waals surface area contributed by atoms with Gasteiger partial charge in [-0.2, -0.15) is 0 Å². The van der Waals surface area contributed by atoms with E-state index in [1.165, 1.54) is 6.07 Å². The van der Waals surface area contributed by atoms with Crippen LogP contribution < -0.4 is 14.8 Å². The molecule has 30 heavy (non-hydrogen) atoms. The minimum Gasteiger partial charge on any atom is -0.497 e. The lowest BCUT2D eigenvalue weighted by atomic mass is 10.1. The molecule has 3 aromatic rings. The molecular formula is C22H22F2N4O2. The molecule has 0 fully saturated rings. The largest absolute Gasteiger partial charge is 0.497 e. The van der Waals surface area contributed by atoms with E-state index in [9.17, 15) is 8.78 Å². The second-order valence-corrected chi connectivity index (χ2v) is 7.07. The maximum absolute atomic E-state index is 13.5. The minimum absolute atomic E-state index is 0.492. The summed E-state index contributed by atoms with van der Waals surface area (Å²) in [6, 6.07) is 9.49. The third-order valence-electron chi connectivity index (χ3n) is 5.06. The Kier molecular flexibility index (Phi) is 5.76. The van der Waals surface area contributed by atoms with Gasteiger partial charge in [0, 0.05) is 43.9 Å². The standard InChI is InChI=1S/C22H22F2N4O2/c1-29-16-4-6-20(21(10-16)30-2)27-22-25-11-15-13-28(8-7-19(15)26-22)12-14-3-5-17(23)18(24)9-14/h3-6,9-11H,7-8,12-13H2,1-2H3,(H,25,26,27). The van der Waals surface area contributed by atoms with Gasteiger partial charge in [0.05, 0.1) is 25.6 Å². The third-order valence-corrected chi connectivity index (χ3v) is 5.06. The Morgan fingerprint density at radius 3 is 2.70 bits per heavy atom. The fraction of sp³-hybridized carbons (Fsp3) is 0.273. The highest BCUT2D eigenvalue weighted by Gasteiger charge is 2.19. The van der Waals surface area contributed by atoms with Crippen LogP contribution in [0.4, 0.5) is 20.4 Å². The average Bonchev–Trinajstić information content (AvgIpc) is 2.76. The maximum Gasteiger partial charge on any atom is 0.227 e. The SMILES string of the molecule is COc1ccc(Nc2ncc3c(n2)CCN(Cc2ccc(F)c(F)c2)C3)c(OC)c1. The highest BCUT2D eigenvalue weighted by molar-refractivity contribution is 5.64. The molecule has 1 aliphatic heterocycles. The summed E-state index contributed by atoms with van der Waals surface area (Å²) < 4.78 is 37.2. The van der Waals surface area contributed by atoms with E-state index < -0.39 is 11.6 Å². The van der Waals surface area contributed by atoms with Crippen LogP contribution in [0.2, 0.25) is 0 Å². The van der Waals surface area contributed by atoms with Crippen LogP contribution >= 0.6 is 0 Å². The molecule has 1 N–H and O–H groups in total. The lowest BCUT2D eigenvalue weighted by Gasteiger charge is -2.28. The molecule has 1 aromatic heterocycles. The van der Waals surface area contributed by atoms with E-state index in [0.717, 1.165) is 41.5 Å². The summed E-state index contributed by atoms with van der Waals surface area (Å²) >= 11 is 0. The Morgan fingerprint density at radius 1 is 1.07 bits per heavy atom. The van der Waals surface area contributed by atoms with Gasteiger partial charge in [0.15, 0.2) is 11.6 Å². The molecule has 2 heterocycles. The Morgan fingerprint density at radius 2 is 1.93 bits per heavy atom. The van der Waals surface area contributed by atoms with Crippen molar-refractivity contribution < 1.29 is 18.3 Å². The summed E-state index contributed by atoms with van der Waals surface area (Å²) in [4.78, 5) is 11.2. The first kappa shape index (κ1) is 20.0. The van der Waals surface area contributed by atoms with Crippen LogP contribution in [-0.2, 0) is 19.5 Å². The highest BCUT2D eigenvalue weighted by atomic mass is 19.2. The Hall–Kier alpha value is -3.26. The summed E-state index contributed by atoms with van der Waals surface area (Å²) in [5, 5.41) is 3.19. The van der Waals surface area contributed by atoms with Crippen LogP contribution in [0.15, 0.2) is 42.6 Å². The summed E-state index contributed by atoms with van der Waals surface area (Å²) in [5.41, 5.74) is 3.48. The van der Waals surface area contributed by atoms with Gasteiger partial charge in [-0.25, -0.2) is 18.7 Å². The van der Waals surface area contributed by atoms with Crippen LogP contribution in [0.5, 0.6) is 11.5 Å². The lowest BCUT2D eigenvalue weighted by Crippen LogP contribution is -2.31. The predicted molar refractivity (Wildman–Crippen MR) is 109 cm³/mol. The maximum atomic E-state index is 13.5. The molecule has 2 aromatic carbocycles. The number of fused-ring (bicyclic) bond motifs is 1. The quantitative estimate of drug-likeness (QED) is 0.659. The number of aromatic nitrogens is 2. The van der Waals surface area contributed by atoms with E-state index in [4.69, 9.17) is 9.47 Å². The van der Waals surface area contributed by atoms with Crippen molar-refractivity contribution in [2.24, 2.45) is 0 Å². The van der Waals surface area contributed by atoms with Crippen molar-refractivity contribution in [3.63, 3.8) is 0 Å². The molecule has 0 spiro atoms. The zero-order chi connectivity index (χ0) is 21.1. The number of nitrogens with zero attached hydrogens (tertiary/aromatic N) is 3. The van der Waals surface area contributed by atoms with Crippen molar-refractivity contribution in [1.82, 2.24) is 14.9 Å². The number of halogens is 2. The second-order valence-electron chi connectivity index (χ2n) is 7.07. The smallest absolute Gasteiger partial charge is 0.227 e. The Labute approximate surface area is 173 Å². The molecule has 8 heteroatoms. The van der Waals surface area contributed by atoms with Gasteiger partial charge >= 0.3 is 0 Å². The number of ether oxygens (including phenoxy) is 2. The van der Waals surface area contributed by atoms with Gasteiger partial charge in [-0.05, 0) is 29.8 Å². The fourth-order valence-corrected chi connectivity index (χ4v) is 3.49. The van der Waals surface area contributed by atoms with Crippen LogP contribution in [0.3, 0.4) is 0 Å². The number of hydrogen-bond donors (Lipinski definition) is 1. The first-order valence-corrected chi connectivity index (χ1v) is 9.56. The summed E-state index contributed by atoms with van der Waals surface area (Å²) in [7, 11) is 3.19. The van der Waals surface area contributed by atoms with Crippen molar-refractivity contribution in [1.29, 1.82) is 0 Å². The topological polar surface area (TPSA) is 59.5 Å². The molecule has 0 atom stereocenters. The first-order chi connectivity index (χ1) is 14.6. The second kappa shape index (κ2) is 8.62. The molecule has 6 nitrogen and oxygen atoms in total. The van der Waals surface area contributed by atoms with Crippen molar-refractivity contribution >= 4 is 11.6 Å². The fourth-order valence-electron chi connectivity index (χ4n) is 3.49. The minimum atomic E-state index is -0.829. The third kappa shape index (κ3) is 4.33. The number of benzene rings is 2. The van der Waals surface area contributed by atoms with Crippen LogP contribution in [0.1, 0.15) is 16.8 Å². The van der Waals surface area contributed by atoms with Gasteiger partial charge in [0.1, 0.15) is 11.5 Å². The van der Waals surface area contributed by atoms with Gasteiger partial charge in [-0.15, -0.1) is 0 Å². The Balaban J connectivity index is 1.46. The normalized spacial score (nSPS) is 13.6. The summed E-state index contributed by atoms with van der Waals surface area (Å²) in [6.07, 6.45) is 2.55. The molecule has 0 saturated carbocycles. The van der Waals surface area contributed by atoms with E-state index in [2.05, 4.69) is 20.2 Å². The molecule has 4 rings (SSSR count). The van der Waals surface area contributed by atoms with Crippen LogP contribution in [0, 0.1) is 11.6 Å². The zero-order valence-corrected chi connectivity index (χ0v) is 16.8. The summed E-state index contributed by atoms with van der Waals surface area (Å²) in [6.45, 7) is 1.97. The Bertz CT molecular complexity index is 1060. The van der Waals surface area contributed by atoms with Crippen molar-refractivity contribution in [3.05, 3.63) is 71.1 Å². The number of rotatable bonds is 6. The molecule has 0 radical (unpaired) electrons. The first-order valence-electron chi connectivity index (χ1n) is 9.56. The van der Waals surface area contributed by atoms with E-state index in [0.29, 0.717) is 30.5 Å². The van der Waals surface area contributed by atoms with Crippen LogP contribution in [-0.4, -0.2) is 35.6 Å². The van der Waals surface area contributed by atoms with E-state index >= 15 is 0 Å². The average molecular weight is 412 g/mol. The number of hydrogen-bond acceptors (Lipinski definition) is 6. The van der Waals surface area contributed by atoms with Gasteiger partial charge in [0.25, 0.3) is 0 Å². The van der Waals surface area contributed by atoms with Crippen LogP contribution in [0.25, 0.3) is 0 Å². The molecule has 0 aliphatic carbocycles. The molecule has 1 aliphatic rings. The number of nitrogens with one attached hydrogen (secondary N) is 1. The zero-order valence-electron chi connectivity index (χ0n) is 16.8. The molecule has 0 saturated heterocycles. The molecule has 0 amide bonds. The lowest BCUT2D eigenvalue weighted by molar-refractivity contribution is 0.242. The monoisotopic (exact) mass is 412 g/mol. The van der Waals surface area contributed by atoms with Crippen molar-refractivity contribution in [2.75, 3.05) is 26.1 Å². The molecular weight excluding hydrogens is 390 g/mol. The van der Waals surface area contributed by atoms with Gasteiger partial charge in [0.2, 0.25) is 5.95 Å². The van der Waals surface area contributed by atoms with Gasteiger partial charge in [-0.1, -0.05) is 6.07 Å². The molecule has 156 valence electrons. The van der Waals surface area contributed by atoms with Gasteiger partial charge in [-0.3, -0.25) is 4.90 Å². The molecule has 0 bridgehead atoms. The van der Waals surface area contributed by atoms with E-state index in [-0.39, 0.29) is 0 Å². The number of anilines is 2.